The van der Waals surface area contributed by atoms with Crippen LogP contribution in [0.5, 0.6) is 0 Å². The van der Waals surface area contributed by atoms with E-state index in [1.54, 1.807) is 6.21 Å². The van der Waals surface area contributed by atoms with Crippen molar-refractivity contribution in [1.82, 2.24) is 0 Å². The average Bonchev–Trinajstić information content (AvgIpc) is 2.93. The van der Waals surface area contributed by atoms with Gasteiger partial charge in [0.25, 0.3) is 0 Å². The zero-order valence-electron chi connectivity index (χ0n) is 12.7. The second-order valence-corrected chi connectivity index (χ2v) is 6.43. The van der Waals surface area contributed by atoms with E-state index < -0.39 is 17.1 Å². The molecule has 0 bridgehead atoms. The lowest BCUT2D eigenvalue weighted by atomic mass is 10.1. The lowest BCUT2D eigenvalue weighted by Gasteiger charge is -2.26. The summed E-state index contributed by atoms with van der Waals surface area (Å²) in [7, 11) is 0. The number of ether oxygens (including phenoxy) is 2. The van der Waals surface area contributed by atoms with Crippen LogP contribution in [0.15, 0.2) is 33.6 Å². The molecule has 1 heterocycles. The van der Waals surface area contributed by atoms with Crippen molar-refractivity contribution in [2.75, 3.05) is 13.2 Å². The van der Waals surface area contributed by atoms with E-state index in [-0.39, 0.29) is 0 Å². The Morgan fingerprint density at radius 2 is 1.90 bits per heavy atom. The summed E-state index contributed by atoms with van der Waals surface area (Å²) in [6, 6.07) is 7.59. The van der Waals surface area contributed by atoms with Crippen molar-refractivity contribution in [2.24, 2.45) is 4.40 Å². The predicted molar refractivity (Wildman–Crippen MR) is 84.9 cm³/mol. The largest absolute Gasteiger partial charge is 0.586 e. The number of rotatable bonds is 7. The number of benzene rings is 1. The van der Waals surface area contributed by atoms with E-state index in [2.05, 4.69) is 11.3 Å². The van der Waals surface area contributed by atoms with Gasteiger partial charge in [-0.2, -0.15) is 0 Å². The number of hydrogen-bond acceptors (Lipinski definition) is 4. The lowest BCUT2D eigenvalue weighted by molar-refractivity contribution is -0.165. The van der Waals surface area contributed by atoms with Crippen LogP contribution in [-0.4, -0.2) is 29.8 Å². The Morgan fingerprint density at radius 1 is 1.24 bits per heavy atom. The molecule has 1 aromatic rings. The van der Waals surface area contributed by atoms with Gasteiger partial charge in [0, 0.05) is 12.8 Å². The Hall–Kier alpha value is -0.880. The van der Waals surface area contributed by atoms with E-state index in [9.17, 15) is 4.55 Å². The highest BCUT2D eigenvalue weighted by Crippen LogP contribution is 2.29. The quantitative estimate of drug-likeness (QED) is 0.573. The fraction of sp³-hybridized carbons (Fsp3) is 0.562. The molecule has 21 heavy (non-hydrogen) atoms. The molecule has 1 atom stereocenters. The van der Waals surface area contributed by atoms with Crippen LogP contribution in [-0.2, 0) is 20.8 Å². The van der Waals surface area contributed by atoms with Crippen LogP contribution in [0.1, 0.15) is 38.2 Å². The molecule has 1 aliphatic rings. The smallest absolute Gasteiger partial charge is 0.182 e. The van der Waals surface area contributed by atoms with E-state index in [0.717, 1.165) is 29.7 Å². The molecule has 2 rings (SSSR count). The van der Waals surface area contributed by atoms with Gasteiger partial charge in [0.1, 0.15) is 11.4 Å². The topological polar surface area (TPSA) is 53.9 Å². The van der Waals surface area contributed by atoms with Gasteiger partial charge >= 0.3 is 0 Å². The molecule has 0 aromatic heterocycles. The summed E-state index contributed by atoms with van der Waals surface area (Å²) in [5.74, 6) is -0.452. The van der Waals surface area contributed by atoms with Crippen LogP contribution in [0.4, 0.5) is 0 Å². The zero-order chi connectivity index (χ0) is 15.1. The summed E-state index contributed by atoms with van der Waals surface area (Å²) in [6.45, 7) is 5.44. The standard InChI is InChI=1S/C16H23NO3S/c1-3-9-16(19-12-13-20-16)10-4-11-17-21(18)15-7-5-14(2)6-8-15/h5-8,11H,3-4,9-10,12-13H2,1-2H3/b17-11-/t21-/m0/s1. The highest BCUT2D eigenvalue weighted by Gasteiger charge is 2.34. The minimum Gasteiger partial charge on any atom is -0.586 e. The summed E-state index contributed by atoms with van der Waals surface area (Å²) in [4.78, 5) is 0.730. The summed E-state index contributed by atoms with van der Waals surface area (Å²) in [5, 5.41) is 0. The Balaban J connectivity index is 1.83. The summed E-state index contributed by atoms with van der Waals surface area (Å²) >= 11 is -1.32. The van der Waals surface area contributed by atoms with Gasteiger partial charge in [-0.25, -0.2) is 0 Å². The first-order valence-corrected chi connectivity index (χ1v) is 8.55. The highest BCUT2D eigenvalue weighted by molar-refractivity contribution is 7.90. The lowest BCUT2D eigenvalue weighted by Crippen LogP contribution is -2.29. The molecule has 4 nitrogen and oxygen atoms in total. The molecule has 5 heteroatoms. The minimum atomic E-state index is -1.32. The third kappa shape index (κ3) is 4.81. The molecule has 0 amide bonds. The third-order valence-electron chi connectivity index (χ3n) is 3.49. The van der Waals surface area contributed by atoms with Gasteiger partial charge in [0.05, 0.1) is 19.4 Å². The molecular weight excluding hydrogens is 286 g/mol. The van der Waals surface area contributed by atoms with Crippen molar-refractivity contribution in [2.45, 2.75) is 50.2 Å². The van der Waals surface area contributed by atoms with Crippen LogP contribution in [0.2, 0.25) is 0 Å². The van der Waals surface area contributed by atoms with Gasteiger partial charge in [0.15, 0.2) is 10.7 Å². The predicted octanol–water partition coefficient (Wildman–Crippen LogP) is 3.41. The van der Waals surface area contributed by atoms with Gasteiger partial charge < -0.3 is 14.0 Å². The maximum atomic E-state index is 12.0. The van der Waals surface area contributed by atoms with Gasteiger partial charge in [0.2, 0.25) is 0 Å². The van der Waals surface area contributed by atoms with Crippen molar-refractivity contribution in [1.29, 1.82) is 0 Å². The first-order valence-electron chi connectivity index (χ1n) is 7.44. The summed E-state index contributed by atoms with van der Waals surface area (Å²) in [5.41, 5.74) is 1.15. The van der Waals surface area contributed by atoms with Crippen molar-refractivity contribution in [3.8, 4) is 0 Å². The molecule has 1 aliphatic heterocycles. The Morgan fingerprint density at radius 3 is 2.52 bits per heavy atom. The van der Waals surface area contributed by atoms with Crippen LogP contribution in [0.25, 0.3) is 0 Å². The zero-order valence-corrected chi connectivity index (χ0v) is 13.5. The van der Waals surface area contributed by atoms with E-state index in [0.29, 0.717) is 19.6 Å². The molecule has 0 aliphatic carbocycles. The van der Waals surface area contributed by atoms with Gasteiger partial charge in [-0.1, -0.05) is 35.4 Å². The molecule has 1 aromatic carbocycles. The Labute approximate surface area is 129 Å². The fourth-order valence-electron chi connectivity index (χ4n) is 2.41. The molecule has 0 saturated carbocycles. The SMILES string of the molecule is CCCC1(CC/C=N\[S@@+]([O-])c2ccc(C)cc2)OCCO1. The van der Waals surface area contributed by atoms with Crippen molar-refractivity contribution >= 4 is 17.6 Å². The Kier molecular flexibility index (Phi) is 6.23. The monoisotopic (exact) mass is 309 g/mol. The first kappa shape index (κ1) is 16.5. The highest BCUT2D eigenvalue weighted by atomic mass is 32.2. The van der Waals surface area contributed by atoms with Gasteiger partial charge in [-0.15, -0.1) is 0 Å². The van der Waals surface area contributed by atoms with Gasteiger partial charge in [-0.3, -0.25) is 0 Å². The molecule has 0 radical (unpaired) electrons. The minimum absolute atomic E-state index is 0.452. The maximum Gasteiger partial charge on any atom is 0.182 e. The van der Waals surface area contributed by atoms with Gasteiger partial charge in [-0.05, 0) is 25.5 Å². The number of hydrogen-bond donors (Lipinski definition) is 0. The second-order valence-electron chi connectivity index (χ2n) is 5.25. The molecule has 116 valence electrons. The van der Waals surface area contributed by atoms with E-state index in [1.807, 2.05) is 31.2 Å². The third-order valence-corrected chi connectivity index (χ3v) is 4.51. The average molecular weight is 309 g/mol. The summed E-state index contributed by atoms with van der Waals surface area (Å²) in [6.07, 6.45) is 5.10. The van der Waals surface area contributed by atoms with Crippen LogP contribution in [0.3, 0.4) is 0 Å². The maximum absolute atomic E-state index is 12.0. The van der Waals surface area contributed by atoms with E-state index in [4.69, 9.17) is 9.47 Å². The molecule has 0 unspecified atom stereocenters. The first-order chi connectivity index (χ1) is 10.2. The number of nitrogens with zero attached hydrogens (tertiary/aromatic N) is 1. The summed E-state index contributed by atoms with van der Waals surface area (Å²) < 4.78 is 27.6. The van der Waals surface area contributed by atoms with Crippen molar-refractivity contribution < 1.29 is 14.0 Å². The van der Waals surface area contributed by atoms with E-state index in [1.165, 1.54) is 0 Å². The molecule has 1 saturated heterocycles. The number of aryl methyl sites for hydroxylation is 1. The normalized spacial score (nSPS) is 19.2. The van der Waals surface area contributed by atoms with Crippen molar-refractivity contribution in [3.63, 3.8) is 0 Å². The molecule has 0 N–H and O–H groups in total. The Bertz CT molecular complexity index is 455. The molecule has 0 spiro atoms. The van der Waals surface area contributed by atoms with Crippen molar-refractivity contribution in [3.05, 3.63) is 29.8 Å². The van der Waals surface area contributed by atoms with Crippen LogP contribution >= 0.6 is 0 Å². The van der Waals surface area contributed by atoms with Crippen LogP contribution in [0, 0.1) is 6.92 Å². The van der Waals surface area contributed by atoms with Crippen LogP contribution < -0.4 is 0 Å². The second kappa shape index (κ2) is 7.94. The fourth-order valence-corrected chi connectivity index (χ4v) is 3.14. The molecular formula is C16H23NO3S. The van der Waals surface area contributed by atoms with E-state index >= 15 is 0 Å². The molecule has 1 fully saturated rings.